The highest BCUT2D eigenvalue weighted by molar-refractivity contribution is 9.10. The molecule has 1 saturated heterocycles. The highest BCUT2D eigenvalue weighted by Crippen LogP contribution is 2.33. The van der Waals surface area contributed by atoms with Crippen LogP contribution in [0, 0.1) is 6.92 Å². The van der Waals surface area contributed by atoms with Crippen LogP contribution < -0.4 is 0 Å². The standard InChI is InChI=1S/C20H28BrN3O3/c1-13-11-14(12-22-17(13)21)18(25)24(15-5-6-15)16-7-9-23(10-8-16)19(26)27-20(2,3)4/h11-12,15-16H,5-10H2,1-4H3. The normalized spacial score (nSPS) is 18.3. The fraction of sp³-hybridized carbons (Fsp3) is 0.650. The van der Waals surface area contributed by atoms with Crippen LogP contribution in [-0.4, -0.2) is 57.6 Å². The summed E-state index contributed by atoms with van der Waals surface area (Å²) in [6.45, 7) is 8.80. The Morgan fingerprint density at radius 2 is 1.78 bits per heavy atom. The number of rotatable bonds is 3. The second kappa shape index (κ2) is 7.78. The molecule has 1 aliphatic heterocycles. The zero-order chi connectivity index (χ0) is 19.8. The topological polar surface area (TPSA) is 62.7 Å². The van der Waals surface area contributed by atoms with E-state index in [1.54, 1.807) is 11.1 Å². The lowest BCUT2D eigenvalue weighted by molar-refractivity contribution is 0.0142. The number of pyridine rings is 1. The highest BCUT2D eigenvalue weighted by atomic mass is 79.9. The molecule has 0 spiro atoms. The minimum atomic E-state index is -0.490. The molecule has 0 aromatic carbocycles. The van der Waals surface area contributed by atoms with Crippen molar-refractivity contribution in [3.63, 3.8) is 0 Å². The van der Waals surface area contributed by atoms with Crippen LogP contribution in [0.15, 0.2) is 16.9 Å². The van der Waals surface area contributed by atoms with Crippen molar-refractivity contribution in [1.82, 2.24) is 14.8 Å². The molecule has 2 amide bonds. The van der Waals surface area contributed by atoms with Crippen LogP contribution in [0.1, 0.15) is 62.4 Å². The van der Waals surface area contributed by atoms with E-state index < -0.39 is 5.60 Å². The summed E-state index contributed by atoms with van der Waals surface area (Å²) >= 11 is 3.39. The van der Waals surface area contributed by atoms with E-state index in [9.17, 15) is 9.59 Å². The molecule has 7 heteroatoms. The molecule has 2 aliphatic rings. The van der Waals surface area contributed by atoms with Gasteiger partial charge in [-0.05, 0) is 80.9 Å². The molecule has 1 saturated carbocycles. The van der Waals surface area contributed by atoms with Gasteiger partial charge in [0.05, 0.1) is 5.56 Å². The van der Waals surface area contributed by atoms with Gasteiger partial charge in [0, 0.05) is 31.4 Å². The van der Waals surface area contributed by atoms with Crippen LogP contribution in [0.5, 0.6) is 0 Å². The maximum Gasteiger partial charge on any atom is 0.410 e. The van der Waals surface area contributed by atoms with Crippen LogP contribution in [0.2, 0.25) is 0 Å². The Kier molecular flexibility index (Phi) is 5.79. The third kappa shape index (κ3) is 5.00. The molecule has 2 fully saturated rings. The molecular formula is C20H28BrN3O3. The molecule has 27 heavy (non-hydrogen) atoms. The van der Waals surface area contributed by atoms with E-state index in [0.29, 0.717) is 24.7 Å². The Morgan fingerprint density at radius 3 is 2.30 bits per heavy atom. The summed E-state index contributed by atoms with van der Waals surface area (Å²) in [4.78, 5) is 33.5. The number of likely N-dealkylation sites (tertiary alicyclic amines) is 1. The Morgan fingerprint density at radius 1 is 1.19 bits per heavy atom. The van der Waals surface area contributed by atoms with Gasteiger partial charge in [-0.3, -0.25) is 4.79 Å². The number of ether oxygens (including phenoxy) is 1. The number of hydrogen-bond donors (Lipinski definition) is 0. The van der Waals surface area contributed by atoms with Gasteiger partial charge in [-0.25, -0.2) is 9.78 Å². The van der Waals surface area contributed by atoms with Crippen molar-refractivity contribution in [2.75, 3.05) is 13.1 Å². The lowest BCUT2D eigenvalue weighted by Gasteiger charge is -2.39. The number of carbonyl (C=O) groups is 2. The third-order valence-electron chi connectivity index (χ3n) is 4.95. The van der Waals surface area contributed by atoms with Crippen molar-refractivity contribution >= 4 is 27.9 Å². The molecular weight excluding hydrogens is 410 g/mol. The number of hydrogen-bond acceptors (Lipinski definition) is 4. The number of aromatic nitrogens is 1. The first-order valence-corrected chi connectivity index (χ1v) is 10.4. The van der Waals surface area contributed by atoms with E-state index in [0.717, 1.165) is 35.8 Å². The lowest BCUT2D eigenvalue weighted by atomic mass is 10.0. The molecule has 0 bridgehead atoms. The van der Waals surface area contributed by atoms with Gasteiger partial charge in [-0.15, -0.1) is 0 Å². The van der Waals surface area contributed by atoms with E-state index in [-0.39, 0.29) is 18.0 Å². The fourth-order valence-electron chi connectivity index (χ4n) is 3.46. The lowest BCUT2D eigenvalue weighted by Crippen LogP contribution is -2.50. The number of aryl methyl sites for hydroxylation is 1. The molecule has 1 aromatic rings. The Balaban J connectivity index is 1.66. The average molecular weight is 438 g/mol. The third-order valence-corrected chi connectivity index (χ3v) is 5.78. The summed E-state index contributed by atoms with van der Waals surface area (Å²) < 4.78 is 6.23. The number of amides is 2. The maximum atomic E-state index is 13.2. The first-order valence-electron chi connectivity index (χ1n) is 9.58. The van der Waals surface area contributed by atoms with Gasteiger partial charge in [0.15, 0.2) is 0 Å². The van der Waals surface area contributed by atoms with E-state index >= 15 is 0 Å². The van der Waals surface area contributed by atoms with Crippen molar-refractivity contribution in [2.24, 2.45) is 0 Å². The molecule has 2 heterocycles. The average Bonchev–Trinajstić information content (AvgIpc) is 3.41. The number of carbonyl (C=O) groups excluding carboxylic acids is 2. The molecule has 0 atom stereocenters. The smallest absolute Gasteiger partial charge is 0.410 e. The Labute approximate surface area is 169 Å². The molecule has 1 aliphatic carbocycles. The van der Waals surface area contributed by atoms with Gasteiger partial charge in [0.1, 0.15) is 10.2 Å². The quantitative estimate of drug-likeness (QED) is 0.665. The molecule has 1 aromatic heterocycles. The molecule has 6 nitrogen and oxygen atoms in total. The van der Waals surface area contributed by atoms with Gasteiger partial charge in [-0.1, -0.05) is 0 Å². The van der Waals surface area contributed by atoms with Gasteiger partial charge < -0.3 is 14.5 Å². The van der Waals surface area contributed by atoms with Crippen molar-refractivity contribution in [2.45, 2.75) is 71.1 Å². The summed E-state index contributed by atoms with van der Waals surface area (Å²) in [7, 11) is 0. The summed E-state index contributed by atoms with van der Waals surface area (Å²) in [6, 6.07) is 2.37. The highest BCUT2D eigenvalue weighted by Gasteiger charge is 2.40. The first kappa shape index (κ1) is 20.1. The molecule has 148 valence electrons. The van der Waals surface area contributed by atoms with Gasteiger partial charge >= 0.3 is 6.09 Å². The zero-order valence-corrected chi connectivity index (χ0v) is 18.1. The number of piperidine rings is 1. The summed E-state index contributed by atoms with van der Waals surface area (Å²) in [6.07, 6.45) is 5.06. The minimum absolute atomic E-state index is 0.0521. The zero-order valence-electron chi connectivity index (χ0n) is 16.5. The van der Waals surface area contributed by atoms with E-state index in [4.69, 9.17) is 4.74 Å². The number of halogens is 1. The van der Waals surface area contributed by atoms with Crippen molar-refractivity contribution in [3.8, 4) is 0 Å². The van der Waals surface area contributed by atoms with Gasteiger partial charge in [0.25, 0.3) is 5.91 Å². The Bertz CT molecular complexity index is 720. The van der Waals surface area contributed by atoms with E-state index in [1.807, 2.05) is 38.7 Å². The van der Waals surface area contributed by atoms with Crippen molar-refractivity contribution in [3.05, 3.63) is 28.0 Å². The molecule has 0 unspecified atom stereocenters. The van der Waals surface area contributed by atoms with Gasteiger partial charge in [0.2, 0.25) is 0 Å². The van der Waals surface area contributed by atoms with Crippen LogP contribution >= 0.6 is 15.9 Å². The van der Waals surface area contributed by atoms with Crippen molar-refractivity contribution < 1.29 is 14.3 Å². The van der Waals surface area contributed by atoms with E-state index in [2.05, 4.69) is 20.9 Å². The largest absolute Gasteiger partial charge is 0.444 e. The van der Waals surface area contributed by atoms with Crippen LogP contribution in [0.4, 0.5) is 4.79 Å². The minimum Gasteiger partial charge on any atom is -0.444 e. The second-order valence-corrected chi connectivity index (χ2v) is 9.23. The SMILES string of the molecule is Cc1cc(C(=O)N(C2CC2)C2CCN(C(=O)OC(C)(C)C)CC2)cnc1Br. The summed E-state index contributed by atoms with van der Waals surface area (Å²) in [5, 5.41) is 0. The van der Waals surface area contributed by atoms with Gasteiger partial charge in [-0.2, -0.15) is 0 Å². The number of nitrogens with zero attached hydrogens (tertiary/aromatic N) is 3. The predicted octanol–water partition coefficient (Wildman–Crippen LogP) is 4.16. The monoisotopic (exact) mass is 437 g/mol. The van der Waals surface area contributed by atoms with Crippen molar-refractivity contribution in [1.29, 1.82) is 0 Å². The van der Waals surface area contributed by atoms with Crippen LogP contribution in [-0.2, 0) is 4.74 Å². The molecule has 0 N–H and O–H groups in total. The summed E-state index contributed by atoms with van der Waals surface area (Å²) in [5.41, 5.74) is 1.10. The molecule has 3 rings (SSSR count). The Hall–Kier alpha value is -1.63. The van der Waals surface area contributed by atoms with Crippen LogP contribution in [0.25, 0.3) is 0 Å². The van der Waals surface area contributed by atoms with E-state index in [1.165, 1.54) is 0 Å². The fourth-order valence-corrected chi connectivity index (χ4v) is 3.68. The van der Waals surface area contributed by atoms with Crippen LogP contribution in [0.3, 0.4) is 0 Å². The predicted molar refractivity (Wildman–Crippen MR) is 107 cm³/mol. The first-order chi connectivity index (χ1) is 12.7. The maximum absolute atomic E-state index is 13.2. The summed E-state index contributed by atoms with van der Waals surface area (Å²) in [5.74, 6) is 0.0521. The second-order valence-electron chi connectivity index (χ2n) is 8.47. The molecule has 0 radical (unpaired) electrons.